The molecule has 1 aliphatic rings. The van der Waals surface area contributed by atoms with Crippen LogP contribution in [0.2, 0.25) is 0 Å². The van der Waals surface area contributed by atoms with Crippen LogP contribution in [0.25, 0.3) is 5.69 Å². The van der Waals surface area contributed by atoms with Gasteiger partial charge in [0.1, 0.15) is 5.69 Å². The predicted octanol–water partition coefficient (Wildman–Crippen LogP) is 2.42. The molecule has 1 aliphatic heterocycles. The van der Waals surface area contributed by atoms with Crippen LogP contribution < -0.4 is 10.6 Å². The average Bonchev–Trinajstić information content (AvgIpc) is 2.75. The van der Waals surface area contributed by atoms with Crippen molar-refractivity contribution in [2.45, 2.75) is 20.8 Å². The van der Waals surface area contributed by atoms with Gasteiger partial charge in [0.25, 0.3) is 0 Å². The molecular formula is C17H21FN4O. The van der Waals surface area contributed by atoms with Crippen LogP contribution in [-0.2, 0) is 4.79 Å². The lowest BCUT2D eigenvalue weighted by Gasteiger charge is -2.31. The lowest BCUT2D eigenvalue weighted by molar-refractivity contribution is -0.121. The molecule has 1 aromatic heterocycles. The van der Waals surface area contributed by atoms with E-state index in [4.69, 9.17) is 0 Å². The third kappa shape index (κ3) is 3.12. The van der Waals surface area contributed by atoms with E-state index in [0.717, 1.165) is 24.5 Å². The monoisotopic (exact) mass is 316 g/mol. The summed E-state index contributed by atoms with van der Waals surface area (Å²) in [5.41, 5.74) is 2.55. The van der Waals surface area contributed by atoms with Crippen LogP contribution in [0, 0.1) is 31.5 Å². The van der Waals surface area contributed by atoms with Gasteiger partial charge >= 0.3 is 0 Å². The van der Waals surface area contributed by atoms with Crippen molar-refractivity contribution in [3.05, 3.63) is 41.5 Å². The zero-order chi connectivity index (χ0) is 16.6. The Bertz CT molecular complexity index is 736. The molecule has 0 saturated carbocycles. The van der Waals surface area contributed by atoms with Crippen molar-refractivity contribution in [3.8, 4) is 5.69 Å². The summed E-state index contributed by atoms with van der Waals surface area (Å²) in [4.78, 5) is 12.2. The Balaban J connectivity index is 1.76. The standard InChI is InChI=1S/C17H21FN4O/c1-10-6-11(2)22(21-10)16-5-4-14(7-15(16)18)20-17(23)12(3)13-8-19-9-13/h4-7,12-13,19H,8-9H2,1-3H3,(H,20,23). The van der Waals surface area contributed by atoms with Crippen LogP contribution in [0.5, 0.6) is 0 Å². The number of aromatic nitrogens is 2. The lowest BCUT2D eigenvalue weighted by atomic mass is 9.88. The molecule has 122 valence electrons. The van der Waals surface area contributed by atoms with E-state index >= 15 is 0 Å². The number of halogens is 1. The Morgan fingerprint density at radius 2 is 2.13 bits per heavy atom. The Morgan fingerprint density at radius 1 is 1.39 bits per heavy atom. The number of nitrogens with one attached hydrogen (secondary N) is 2. The first-order chi connectivity index (χ1) is 11.0. The number of carbonyl (C=O) groups excluding carboxylic acids is 1. The van der Waals surface area contributed by atoms with E-state index in [1.54, 1.807) is 16.8 Å². The fourth-order valence-electron chi connectivity index (χ4n) is 2.76. The maximum Gasteiger partial charge on any atom is 0.227 e. The first-order valence-corrected chi connectivity index (χ1v) is 7.80. The zero-order valence-electron chi connectivity index (χ0n) is 13.6. The third-order valence-corrected chi connectivity index (χ3v) is 4.39. The second-order valence-corrected chi connectivity index (χ2v) is 6.20. The van der Waals surface area contributed by atoms with E-state index in [1.165, 1.54) is 6.07 Å². The van der Waals surface area contributed by atoms with Gasteiger partial charge in [-0.15, -0.1) is 0 Å². The lowest BCUT2D eigenvalue weighted by Crippen LogP contribution is -2.48. The topological polar surface area (TPSA) is 59.0 Å². The number of nitrogens with zero attached hydrogens (tertiary/aromatic N) is 2. The van der Waals surface area contributed by atoms with Crippen LogP contribution >= 0.6 is 0 Å². The maximum absolute atomic E-state index is 14.4. The molecule has 0 radical (unpaired) electrons. The molecule has 2 heterocycles. The normalized spacial score (nSPS) is 16.0. The molecule has 6 heteroatoms. The van der Waals surface area contributed by atoms with Gasteiger partial charge in [0, 0.05) is 17.3 Å². The van der Waals surface area contributed by atoms with Crippen LogP contribution in [0.4, 0.5) is 10.1 Å². The summed E-state index contributed by atoms with van der Waals surface area (Å²) in [6, 6.07) is 6.58. The molecule has 0 aliphatic carbocycles. The molecular weight excluding hydrogens is 295 g/mol. The number of benzene rings is 1. The summed E-state index contributed by atoms with van der Waals surface area (Å²) in [6.07, 6.45) is 0. The van der Waals surface area contributed by atoms with Gasteiger partial charge in [0.15, 0.2) is 5.82 Å². The van der Waals surface area contributed by atoms with Gasteiger partial charge < -0.3 is 10.6 Å². The maximum atomic E-state index is 14.4. The number of carbonyl (C=O) groups is 1. The number of rotatable bonds is 4. The highest BCUT2D eigenvalue weighted by atomic mass is 19.1. The van der Waals surface area contributed by atoms with Crippen LogP contribution in [0.15, 0.2) is 24.3 Å². The van der Waals surface area contributed by atoms with E-state index in [2.05, 4.69) is 15.7 Å². The first kappa shape index (κ1) is 15.7. The molecule has 1 aromatic carbocycles. The van der Waals surface area contributed by atoms with Gasteiger partial charge in [-0.1, -0.05) is 6.92 Å². The van der Waals surface area contributed by atoms with E-state index in [0.29, 0.717) is 17.3 Å². The summed E-state index contributed by atoms with van der Waals surface area (Å²) in [6.45, 7) is 7.37. The Labute approximate surface area is 134 Å². The quantitative estimate of drug-likeness (QED) is 0.911. The fraction of sp³-hybridized carbons (Fsp3) is 0.412. The molecule has 1 fully saturated rings. The fourth-order valence-corrected chi connectivity index (χ4v) is 2.76. The summed E-state index contributed by atoms with van der Waals surface area (Å²) in [5, 5.41) is 10.2. The highest BCUT2D eigenvalue weighted by Gasteiger charge is 2.28. The molecule has 0 spiro atoms. The van der Waals surface area contributed by atoms with Crippen LogP contribution in [-0.4, -0.2) is 28.8 Å². The molecule has 1 unspecified atom stereocenters. The highest BCUT2D eigenvalue weighted by molar-refractivity contribution is 5.92. The molecule has 23 heavy (non-hydrogen) atoms. The van der Waals surface area contributed by atoms with Crippen molar-refractivity contribution in [2.24, 2.45) is 11.8 Å². The SMILES string of the molecule is Cc1cc(C)n(-c2ccc(NC(=O)C(C)C3CNC3)cc2F)n1. The van der Waals surface area contributed by atoms with E-state index in [9.17, 15) is 9.18 Å². The minimum atomic E-state index is -0.410. The Morgan fingerprint density at radius 3 is 2.65 bits per heavy atom. The van der Waals surface area contributed by atoms with Crippen molar-refractivity contribution >= 4 is 11.6 Å². The van der Waals surface area contributed by atoms with Crippen molar-refractivity contribution in [1.29, 1.82) is 0 Å². The van der Waals surface area contributed by atoms with Crippen LogP contribution in [0.1, 0.15) is 18.3 Å². The van der Waals surface area contributed by atoms with Gasteiger partial charge in [-0.25, -0.2) is 9.07 Å². The third-order valence-electron chi connectivity index (χ3n) is 4.39. The molecule has 0 bridgehead atoms. The minimum absolute atomic E-state index is 0.0743. The minimum Gasteiger partial charge on any atom is -0.326 e. The number of aryl methyl sites for hydroxylation is 2. The van der Waals surface area contributed by atoms with Gasteiger partial charge in [-0.2, -0.15) is 5.10 Å². The smallest absolute Gasteiger partial charge is 0.227 e. The van der Waals surface area contributed by atoms with E-state index < -0.39 is 5.82 Å². The van der Waals surface area contributed by atoms with Gasteiger partial charge in [0.2, 0.25) is 5.91 Å². The van der Waals surface area contributed by atoms with Crippen molar-refractivity contribution in [1.82, 2.24) is 15.1 Å². The predicted molar refractivity (Wildman–Crippen MR) is 87.1 cm³/mol. The summed E-state index contributed by atoms with van der Waals surface area (Å²) in [7, 11) is 0. The molecule has 1 saturated heterocycles. The second kappa shape index (κ2) is 6.12. The number of anilines is 1. The zero-order valence-corrected chi connectivity index (χ0v) is 13.6. The van der Waals surface area contributed by atoms with Gasteiger partial charge in [-0.05, 0) is 57.1 Å². The molecule has 3 rings (SSSR count). The molecule has 2 N–H and O–H groups in total. The largest absolute Gasteiger partial charge is 0.326 e. The van der Waals surface area contributed by atoms with Crippen LogP contribution in [0.3, 0.4) is 0 Å². The van der Waals surface area contributed by atoms with Gasteiger partial charge in [-0.3, -0.25) is 4.79 Å². The van der Waals surface area contributed by atoms with Crippen molar-refractivity contribution in [2.75, 3.05) is 18.4 Å². The highest BCUT2D eigenvalue weighted by Crippen LogP contribution is 2.22. The molecule has 2 aromatic rings. The molecule has 1 atom stereocenters. The average molecular weight is 316 g/mol. The van der Waals surface area contributed by atoms with Crippen molar-refractivity contribution in [3.63, 3.8) is 0 Å². The number of hydrogen-bond donors (Lipinski definition) is 2. The summed E-state index contributed by atoms with van der Waals surface area (Å²) < 4.78 is 16.0. The summed E-state index contributed by atoms with van der Waals surface area (Å²) in [5.74, 6) is -0.217. The number of amides is 1. The summed E-state index contributed by atoms with van der Waals surface area (Å²) >= 11 is 0. The Kier molecular flexibility index (Phi) is 4.17. The molecule has 5 nitrogen and oxygen atoms in total. The molecule has 1 amide bonds. The first-order valence-electron chi connectivity index (χ1n) is 7.80. The number of hydrogen-bond acceptors (Lipinski definition) is 3. The van der Waals surface area contributed by atoms with Gasteiger partial charge in [0.05, 0.1) is 5.69 Å². The van der Waals surface area contributed by atoms with Crippen molar-refractivity contribution < 1.29 is 9.18 Å². The Hall–Kier alpha value is -2.21. The second-order valence-electron chi connectivity index (χ2n) is 6.20. The van der Waals surface area contributed by atoms with E-state index in [-0.39, 0.29) is 11.8 Å². The van der Waals surface area contributed by atoms with E-state index in [1.807, 2.05) is 26.8 Å².